The molecule has 0 radical (unpaired) electrons. The monoisotopic (exact) mass is 434 g/mol. The van der Waals surface area contributed by atoms with Gasteiger partial charge in [-0.1, -0.05) is 13.0 Å². The zero-order chi connectivity index (χ0) is 22.7. The molecule has 0 bridgehead atoms. The van der Waals surface area contributed by atoms with Crippen molar-refractivity contribution in [2.45, 2.75) is 13.3 Å². The van der Waals surface area contributed by atoms with Crippen molar-refractivity contribution < 1.29 is 27.9 Å². The molecule has 3 aromatic rings. The average Bonchev–Trinajstić information content (AvgIpc) is 3.15. The molecule has 0 saturated carbocycles. The van der Waals surface area contributed by atoms with Crippen LogP contribution in [0.4, 0.5) is 36.1 Å². The second-order valence-corrected chi connectivity index (χ2v) is 6.63. The highest BCUT2D eigenvalue weighted by atomic mass is 19.2. The smallest absolute Gasteiger partial charge is 0.354 e. The van der Waals surface area contributed by atoms with Gasteiger partial charge in [0.25, 0.3) is 0 Å². The molecule has 31 heavy (non-hydrogen) atoms. The van der Waals surface area contributed by atoms with Gasteiger partial charge in [-0.2, -0.15) is 0 Å². The number of esters is 1. The van der Waals surface area contributed by atoms with Gasteiger partial charge in [0, 0.05) is 7.05 Å². The number of anilines is 4. The highest BCUT2D eigenvalue weighted by Gasteiger charge is 2.20. The van der Waals surface area contributed by atoms with Gasteiger partial charge in [0.2, 0.25) is 0 Å². The summed E-state index contributed by atoms with van der Waals surface area (Å²) in [6.45, 7) is 1.86. The predicted molar refractivity (Wildman–Crippen MR) is 110 cm³/mol. The second-order valence-electron chi connectivity index (χ2n) is 6.63. The Morgan fingerprint density at radius 3 is 2.45 bits per heavy atom. The van der Waals surface area contributed by atoms with E-state index >= 15 is 0 Å². The SMILES string of the molecule is CCc1ccc(Nc2c(NN(O)c3ccc(C(=O)OC)n3C)ccc(F)c2F)c(F)c1. The fraction of sp³-hybridized carbons (Fsp3) is 0.190. The fourth-order valence-corrected chi connectivity index (χ4v) is 2.97. The summed E-state index contributed by atoms with van der Waals surface area (Å²) in [5.74, 6) is -3.58. The number of ether oxygens (including phenoxy) is 1. The van der Waals surface area contributed by atoms with Crippen molar-refractivity contribution >= 4 is 28.8 Å². The Hall–Kier alpha value is -3.66. The quantitative estimate of drug-likeness (QED) is 0.368. The molecule has 10 heteroatoms. The molecule has 0 saturated heterocycles. The van der Waals surface area contributed by atoms with Crippen LogP contribution in [0.1, 0.15) is 23.0 Å². The number of carbonyl (C=O) groups excluding carboxylic acids is 1. The van der Waals surface area contributed by atoms with Crippen LogP contribution < -0.4 is 15.9 Å². The van der Waals surface area contributed by atoms with E-state index in [9.17, 15) is 23.2 Å². The normalized spacial score (nSPS) is 10.7. The Morgan fingerprint density at radius 1 is 1.10 bits per heavy atom. The number of methoxy groups -OCH3 is 1. The lowest BCUT2D eigenvalue weighted by Gasteiger charge is -2.22. The number of hydrogen-bond acceptors (Lipinski definition) is 6. The first-order chi connectivity index (χ1) is 14.8. The molecule has 0 aliphatic rings. The largest absolute Gasteiger partial charge is 0.464 e. The van der Waals surface area contributed by atoms with Crippen molar-refractivity contribution in [3.63, 3.8) is 0 Å². The lowest BCUT2D eigenvalue weighted by atomic mass is 10.1. The van der Waals surface area contributed by atoms with Gasteiger partial charge in [0.15, 0.2) is 17.5 Å². The fourth-order valence-electron chi connectivity index (χ4n) is 2.97. The number of carbonyl (C=O) groups is 1. The standard InChI is InChI=1S/C21H21F3N4O3/c1-4-12-5-7-15(14(23)11-12)25-20-16(8-6-13(22)19(20)24)26-28(30)18-10-9-17(27(18)2)21(29)31-3/h5-11,25-26,30H,4H2,1-3H3. The number of nitrogens with zero attached hydrogens (tertiary/aromatic N) is 2. The minimum atomic E-state index is -1.26. The van der Waals surface area contributed by atoms with E-state index in [0.717, 1.165) is 11.6 Å². The van der Waals surface area contributed by atoms with E-state index in [1.165, 1.54) is 49.1 Å². The summed E-state index contributed by atoms with van der Waals surface area (Å²) < 4.78 is 48.8. The van der Waals surface area contributed by atoms with E-state index in [1.807, 2.05) is 6.92 Å². The number of aryl methyl sites for hydroxylation is 1. The first-order valence-electron chi connectivity index (χ1n) is 9.30. The lowest BCUT2D eigenvalue weighted by molar-refractivity contribution is 0.0590. The number of nitrogens with one attached hydrogen (secondary N) is 2. The van der Waals surface area contributed by atoms with Gasteiger partial charge in [-0.3, -0.25) is 10.6 Å². The van der Waals surface area contributed by atoms with E-state index in [0.29, 0.717) is 11.6 Å². The number of benzene rings is 2. The van der Waals surface area contributed by atoms with Crippen LogP contribution in [0.5, 0.6) is 0 Å². The molecule has 2 aromatic carbocycles. The van der Waals surface area contributed by atoms with Gasteiger partial charge in [-0.05, 0) is 48.4 Å². The zero-order valence-corrected chi connectivity index (χ0v) is 17.0. The first kappa shape index (κ1) is 22.0. The van der Waals surface area contributed by atoms with Crippen molar-refractivity contribution in [2.75, 3.05) is 23.0 Å². The number of halogens is 3. The van der Waals surface area contributed by atoms with Crippen molar-refractivity contribution in [2.24, 2.45) is 7.05 Å². The Kier molecular flexibility index (Phi) is 6.40. The number of rotatable bonds is 7. The summed E-state index contributed by atoms with van der Waals surface area (Å²) in [5, 5.41) is 13.5. The minimum absolute atomic E-state index is 0.0684. The van der Waals surface area contributed by atoms with Gasteiger partial charge in [0.1, 0.15) is 17.2 Å². The number of hydrazine groups is 1. The molecule has 7 nitrogen and oxygen atoms in total. The highest BCUT2D eigenvalue weighted by Crippen LogP contribution is 2.32. The molecule has 0 unspecified atom stereocenters. The van der Waals surface area contributed by atoms with Crippen LogP contribution in [0.15, 0.2) is 42.5 Å². The maximum Gasteiger partial charge on any atom is 0.354 e. The van der Waals surface area contributed by atoms with Gasteiger partial charge in [-0.15, -0.1) is 5.17 Å². The minimum Gasteiger partial charge on any atom is -0.464 e. The Morgan fingerprint density at radius 2 is 1.81 bits per heavy atom. The molecule has 3 rings (SSSR count). The predicted octanol–water partition coefficient (Wildman–Crippen LogP) is 4.76. The maximum absolute atomic E-state index is 14.5. The van der Waals surface area contributed by atoms with E-state index < -0.39 is 29.1 Å². The molecule has 1 aromatic heterocycles. The van der Waals surface area contributed by atoms with Gasteiger partial charge in [0.05, 0.1) is 18.5 Å². The van der Waals surface area contributed by atoms with Gasteiger partial charge >= 0.3 is 5.97 Å². The Balaban J connectivity index is 1.93. The molecule has 0 aliphatic carbocycles. The molecular weight excluding hydrogens is 413 g/mol. The van der Waals surface area contributed by atoms with Crippen LogP contribution in [0.2, 0.25) is 0 Å². The van der Waals surface area contributed by atoms with Crippen LogP contribution >= 0.6 is 0 Å². The van der Waals surface area contributed by atoms with Crippen LogP contribution in [0.25, 0.3) is 0 Å². The lowest BCUT2D eigenvalue weighted by Crippen LogP contribution is -2.28. The molecule has 0 amide bonds. The Labute approximate surface area is 176 Å². The Bertz CT molecular complexity index is 1120. The van der Waals surface area contributed by atoms with Crippen molar-refractivity contribution in [1.82, 2.24) is 4.57 Å². The molecule has 3 N–H and O–H groups in total. The molecule has 0 fully saturated rings. The molecule has 1 heterocycles. The van der Waals surface area contributed by atoms with Gasteiger partial charge < -0.3 is 14.6 Å². The third kappa shape index (κ3) is 4.43. The van der Waals surface area contributed by atoms with Crippen LogP contribution in [0.3, 0.4) is 0 Å². The number of hydrogen-bond donors (Lipinski definition) is 3. The van der Waals surface area contributed by atoms with Crippen molar-refractivity contribution in [1.29, 1.82) is 0 Å². The third-order valence-electron chi connectivity index (χ3n) is 4.73. The van der Waals surface area contributed by atoms with Crippen LogP contribution in [-0.2, 0) is 18.2 Å². The second kappa shape index (κ2) is 9.00. The van der Waals surface area contributed by atoms with Crippen LogP contribution in [0, 0.1) is 17.5 Å². The average molecular weight is 434 g/mol. The first-order valence-corrected chi connectivity index (χ1v) is 9.30. The molecule has 0 aliphatic heterocycles. The summed E-state index contributed by atoms with van der Waals surface area (Å²) in [6.07, 6.45) is 0.613. The van der Waals surface area contributed by atoms with Crippen LogP contribution in [-0.4, -0.2) is 22.9 Å². The molecule has 164 valence electrons. The van der Waals surface area contributed by atoms with E-state index in [2.05, 4.69) is 15.5 Å². The maximum atomic E-state index is 14.5. The summed E-state index contributed by atoms with van der Waals surface area (Å²) in [4.78, 5) is 11.7. The van der Waals surface area contributed by atoms with E-state index in [1.54, 1.807) is 6.07 Å². The summed E-state index contributed by atoms with van der Waals surface area (Å²) >= 11 is 0. The van der Waals surface area contributed by atoms with E-state index in [4.69, 9.17) is 0 Å². The third-order valence-corrected chi connectivity index (χ3v) is 4.73. The molecular formula is C21H21F3N4O3. The topological polar surface area (TPSA) is 78.8 Å². The highest BCUT2D eigenvalue weighted by molar-refractivity contribution is 5.88. The van der Waals surface area contributed by atoms with Crippen molar-refractivity contribution in [3.8, 4) is 0 Å². The number of aromatic nitrogens is 1. The van der Waals surface area contributed by atoms with Crippen molar-refractivity contribution in [3.05, 3.63) is 71.2 Å². The zero-order valence-electron chi connectivity index (χ0n) is 17.0. The molecule has 0 atom stereocenters. The molecule has 0 spiro atoms. The summed E-state index contributed by atoms with van der Waals surface area (Å²) in [6, 6.07) is 9.23. The summed E-state index contributed by atoms with van der Waals surface area (Å²) in [7, 11) is 2.72. The van der Waals surface area contributed by atoms with Gasteiger partial charge in [-0.25, -0.2) is 18.0 Å². The van der Waals surface area contributed by atoms with E-state index in [-0.39, 0.29) is 22.9 Å². The summed E-state index contributed by atoms with van der Waals surface area (Å²) in [5.41, 5.74) is 2.83.